The lowest BCUT2D eigenvalue weighted by molar-refractivity contribution is 0.466. The first kappa shape index (κ1) is 13.7. The van der Waals surface area contributed by atoms with E-state index in [-0.39, 0.29) is 11.6 Å². The highest BCUT2D eigenvalue weighted by atomic mass is 16.3. The molecule has 6 heteroatoms. The largest absolute Gasteiger partial charge is 0.503 e. The van der Waals surface area contributed by atoms with Crippen molar-refractivity contribution in [2.24, 2.45) is 0 Å². The molecule has 0 unspecified atom stereocenters. The SMILES string of the molecule is Nc1ccc(-c2cccc(-n3cc(O)c(=O)cc3N)c2)cn1. The van der Waals surface area contributed by atoms with Gasteiger partial charge in [-0.25, -0.2) is 4.98 Å². The molecule has 1 aromatic carbocycles. The number of aromatic nitrogens is 2. The molecule has 0 aliphatic carbocycles. The van der Waals surface area contributed by atoms with Gasteiger partial charge in [-0.15, -0.1) is 0 Å². The topological polar surface area (TPSA) is 107 Å². The molecule has 2 aromatic heterocycles. The second-order valence-electron chi connectivity index (χ2n) is 4.84. The van der Waals surface area contributed by atoms with E-state index in [0.29, 0.717) is 5.82 Å². The quantitative estimate of drug-likeness (QED) is 0.667. The highest BCUT2D eigenvalue weighted by Gasteiger charge is 2.06. The lowest BCUT2D eigenvalue weighted by atomic mass is 10.1. The predicted octanol–water partition coefficient (Wildman–Crippen LogP) is 1.77. The lowest BCUT2D eigenvalue weighted by Crippen LogP contribution is -2.10. The van der Waals surface area contributed by atoms with Crippen LogP contribution < -0.4 is 16.9 Å². The lowest BCUT2D eigenvalue weighted by Gasteiger charge is -2.12. The molecule has 0 fully saturated rings. The number of rotatable bonds is 2. The van der Waals surface area contributed by atoms with Gasteiger partial charge in [0.15, 0.2) is 5.75 Å². The molecule has 0 radical (unpaired) electrons. The van der Waals surface area contributed by atoms with Crippen molar-refractivity contribution in [1.82, 2.24) is 9.55 Å². The molecule has 22 heavy (non-hydrogen) atoms. The zero-order valence-corrected chi connectivity index (χ0v) is 11.6. The summed E-state index contributed by atoms with van der Waals surface area (Å²) in [6, 6.07) is 12.3. The van der Waals surface area contributed by atoms with Crippen LogP contribution in [0.25, 0.3) is 16.8 Å². The van der Waals surface area contributed by atoms with Gasteiger partial charge in [0, 0.05) is 23.5 Å². The summed E-state index contributed by atoms with van der Waals surface area (Å²) in [5.41, 5.74) is 13.5. The zero-order valence-electron chi connectivity index (χ0n) is 11.6. The van der Waals surface area contributed by atoms with Crippen molar-refractivity contribution in [3.8, 4) is 22.6 Å². The second kappa shape index (κ2) is 5.25. The van der Waals surface area contributed by atoms with Gasteiger partial charge in [-0.05, 0) is 29.8 Å². The Morgan fingerprint density at radius 2 is 1.86 bits per heavy atom. The number of pyridine rings is 2. The van der Waals surface area contributed by atoms with E-state index in [1.165, 1.54) is 12.3 Å². The number of nitrogen functional groups attached to an aromatic ring is 2. The summed E-state index contributed by atoms with van der Waals surface area (Å²) in [6.07, 6.45) is 2.98. The van der Waals surface area contributed by atoms with Crippen LogP contribution in [0.1, 0.15) is 0 Å². The third-order valence-corrected chi connectivity index (χ3v) is 3.31. The highest BCUT2D eigenvalue weighted by molar-refractivity contribution is 5.66. The average molecular weight is 294 g/mol. The molecule has 5 N–H and O–H groups in total. The Balaban J connectivity index is 2.10. The van der Waals surface area contributed by atoms with E-state index in [9.17, 15) is 9.90 Å². The summed E-state index contributed by atoms with van der Waals surface area (Å²) in [7, 11) is 0. The number of hydrogen-bond donors (Lipinski definition) is 3. The fraction of sp³-hybridized carbons (Fsp3) is 0. The van der Waals surface area contributed by atoms with E-state index in [2.05, 4.69) is 4.98 Å². The van der Waals surface area contributed by atoms with E-state index < -0.39 is 5.43 Å². The summed E-state index contributed by atoms with van der Waals surface area (Å²) in [4.78, 5) is 15.4. The molecule has 0 saturated carbocycles. The Labute approximate surface area is 126 Å². The molecular weight excluding hydrogens is 280 g/mol. The molecule has 2 heterocycles. The summed E-state index contributed by atoms with van der Waals surface area (Å²) < 4.78 is 1.55. The minimum atomic E-state index is -0.507. The molecular formula is C16H14N4O2. The van der Waals surface area contributed by atoms with Crippen LogP contribution in [0.4, 0.5) is 11.6 Å². The molecule has 0 aliphatic heterocycles. The maximum Gasteiger partial charge on any atom is 0.225 e. The smallest absolute Gasteiger partial charge is 0.225 e. The molecule has 6 nitrogen and oxygen atoms in total. The maximum absolute atomic E-state index is 11.4. The van der Waals surface area contributed by atoms with Gasteiger partial charge in [0.2, 0.25) is 5.43 Å². The number of benzene rings is 1. The molecule has 0 atom stereocenters. The average Bonchev–Trinajstić information content (AvgIpc) is 2.52. The Hall–Kier alpha value is -3.28. The van der Waals surface area contributed by atoms with Crippen LogP contribution in [-0.2, 0) is 0 Å². The fourth-order valence-electron chi connectivity index (χ4n) is 2.17. The molecule has 0 spiro atoms. The molecule has 0 aliphatic rings. The van der Waals surface area contributed by atoms with E-state index >= 15 is 0 Å². The summed E-state index contributed by atoms with van der Waals surface area (Å²) >= 11 is 0. The van der Waals surface area contributed by atoms with Crippen LogP contribution in [-0.4, -0.2) is 14.7 Å². The number of nitrogens with zero attached hydrogens (tertiary/aromatic N) is 2. The number of nitrogens with two attached hydrogens (primary N) is 2. The van der Waals surface area contributed by atoms with Gasteiger partial charge in [0.1, 0.15) is 11.6 Å². The van der Waals surface area contributed by atoms with E-state index in [4.69, 9.17) is 11.5 Å². The normalized spacial score (nSPS) is 10.5. The molecule has 110 valence electrons. The van der Waals surface area contributed by atoms with Crippen LogP contribution in [0.2, 0.25) is 0 Å². The predicted molar refractivity (Wildman–Crippen MR) is 85.8 cm³/mol. The van der Waals surface area contributed by atoms with E-state index in [1.807, 2.05) is 30.3 Å². The summed E-state index contributed by atoms with van der Waals surface area (Å²) in [6.45, 7) is 0. The number of hydrogen-bond acceptors (Lipinski definition) is 5. The maximum atomic E-state index is 11.4. The Morgan fingerprint density at radius 1 is 1.05 bits per heavy atom. The van der Waals surface area contributed by atoms with Crippen LogP contribution in [0, 0.1) is 0 Å². The van der Waals surface area contributed by atoms with Gasteiger partial charge in [-0.1, -0.05) is 12.1 Å². The molecule has 3 rings (SSSR count). The van der Waals surface area contributed by atoms with Crippen molar-refractivity contribution in [3.05, 3.63) is 65.1 Å². The van der Waals surface area contributed by atoms with Crippen LogP contribution in [0.3, 0.4) is 0 Å². The molecule has 0 bridgehead atoms. The van der Waals surface area contributed by atoms with Crippen LogP contribution in [0.5, 0.6) is 5.75 Å². The summed E-state index contributed by atoms with van der Waals surface area (Å²) in [5.74, 6) is 0.346. The van der Waals surface area contributed by atoms with Gasteiger partial charge in [0.25, 0.3) is 0 Å². The second-order valence-corrected chi connectivity index (χ2v) is 4.84. The van der Waals surface area contributed by atoms with E-state index in [0.717, 1.165) is 16.8 Å². The monoisotopic (exact) mass is 294 g/mol. The Kier molecular flexibility index (Phi) is 3.27. The third kappa shape index (κ3) is 2.49. The number of anilines is 2. The molecule has 0 saturated heterocycles. The van der Waals surface area contributed by atoms with Gasteiger partial charge in [-0.2, -0.15) is 0 Å². The minimum Gasteiger partial charge on any atom is -0.503 e. The van der Waals surface area contributed by atoms with Gasteiger partial charge >= 0.3 is 0 Å². The van der Waals surface area contributed by atoms with Crippen molar-refractivity contribution < 1.29 is 5.11 Å². The van der Waals surface area contributed by atoms with Crippen LogP contribution in [0.15, 0.2) is 59.7 Å². The van der Waals surface area contributed by atoms with Gasteiger partial charge < -0.3 is 16.6 Å². The van der Waals surface area contributed by atoms with Gasteiger partial charge in [0.05, 0.1) is 6.20 Å². The van der Waals surface area contributed by atoms with Crippen molar-refractivity contribution in [2.75, 3.05) is 11.5 Å². The van der Waals surface area contributed by atoms with Crippen molar-refractivity contribution >= 4 is 11.6 Å². The standard InChI is InChI=1S/C16H14N4O2/c17-15-5-4-11(8-19-15)10-2-1-3-12(6-10)20-9-14(22)13(21)7-16(20)18/h1-9,22H,18H2,(H2,17,19). The first-order chi connectivity index (χ1) is 10.5. The Morgan fingerprint density at radius 3 is 2.59 bits per heavy atom. The van der Waals surface area contributed by atoms with Crippen molar-refractivity contribution in [2.45, 2.75) is 0 Å². The van der Waals surface area contributed by atoms with E-state index in [1.54, 1.807) is 16.8 Å². The number of aromatic hydroxyl groups is 1. The van der Waals surface area contributed by atoms with Crippen LogP contribution >= 0.6 is 0 Å². The summed E-state index contributed by atoms with van der Waals surface area (Å²) in [5, 5.41) is 9.59. The Bertz CT molecular complexity index is 885. The third-order valence-electron chi connectivity index (χ3n) is 3.31. The highest BCUT2D eigenvalue weighted by Crippen LogP contribution is 2.23. The minimum absolute atomic E-state index is 0.246. The zero-order chi connectivity index (χ0) is 15.7. The first-order valence-electron chi connectivity index (χ1n) is 6.58. The first-order valence-corrected chi connectivity index (χ1v) is 6.58. The molecule has 3 aromatic rings. The fourth-order valence-corrected chi connectivity index (χ4v) is 2.17. The van der Waals surface area contributed by atoms with Crippen molar-refractivity contribution in [3.63, 3.8) is 0 Å². The molecule has 0 amide bonds. The van der Waals surface area contributed by atoms with Gasteiger partial charge in [-0.3, -0.25) is 9.36 Å². The van der Waals surface area contributed by atoms with Crippen molar-refractivity contribution in [1.29, 1.82) is 0 Å².